The van der Waals surface area contributed by atoms with Gasteiger partial charge in [-0.15, -0.1) is 4.80 Å². The SMILES string of the molecule is C[C@@H]1CC[C@@H](c2nc3cc(Cl)ccc3o2)CN1c1cc(C(F)(F)F)cc(C=O)c1-n1nccn1. The van der Waals surface area contributed by atoms with E-state index in [0.717, 1.165) is 18.6 Å². The summed E-state index contributed by atoms with van der Waals surface area (Å²) in [4.78, 5) is 19.4. The molecule has 0 amide bonds. The lowest BCUT2D eigenvalue weighted by atomic mass is 9.92. The van der Waals surface area contributed by atoms with Crippen LogP contribution in [0.5, 0.6) is 0 Å². The van der Waals surface area contributed by atoms with E-state index in [9.17, 15) is 18.0 Å². The van der Waals surface area contributed by atoms with Gasteiger partial charge in [0.1, 0.15) is 11.2 Å². The van der Waals surface area contributed by atoms with E-state index in [-0.39, 0.29) is 28.9 Å². The summed E-state index contributed by atoms with van der Waals surface area (Å²) in [5, 5.41) is 8.69. The molecule has 2 aromatic carbocycles. The van der Waals surface area contributed by atoms with Crippen LogP contribution in [0, 0.1) is 0 Å². The van der Waals surface area contributed by atoms with Gasteiger partial charge in [0, 0.05) is 23.2 Å². The van der Waals surface area contributed by atoms with Crippen molar-refractivity contribution in [1.29, 1.82) is 0 Å². The number of nitrogens with zero attached hydrogens (tertiary/aromatic N) is 5. The Kier molecular flexibility index (Phi) is 5.55. The third-order valence-corrected chi connectivity index (χ3v) is 6.33. The molecule has 0 bridgehead atoms. The molecule has 2 aromatic heterocycles. The molecule has 0 unspecified atom stereocenters. The molecule has 1 saturated heterocycles. The lowest BCUT2D eigenvalue weighted by Crippen LogP contribution is -2.42. The predicted molar refractivity (Wildman–Crippen MR) is 120 cm³/mol. The molecule has 4 aromatic rings. The summed E-state index contributed by atoms with van der Waals surface area (Å²) in [7, 11) is 0. The van der Waals surface area contributed by atoms with Gasteiger partial charge in [-0.1, -0.05) is 11.6 Å². The normalized spacial score (nSPS) is 19.0. The summed E-state index contributed by atoms with van der Waals surface area (Å²) in [5.74, 6) is 0.325. The van der Waals surface area contributed by atoms with Crippen LogP contribution in [0.4, 0.5) is 18.9 Å². The highest BCUT2D eigenvalue weighted by atomic mass is 35.5. The van der Waals surface area contributed by atoms with Crippen molar-refractivity contribution in [3.63, 3.8) is 0 Å². The van der Waals surface area contributed by atoms with Gasteiger partial charge in [0.25, 0.3) is 0 Å². The average molecular weight is 490 g/mol. The summed E-state index contributed by atoms with van der Waals surface area (Å²) < 4.78 is 47.1. The fourth-order valence-electron chi connectivity index (χ4n) is 4.40. The quantitative estimate of drug-likeness (QED) is 0.344. The van der Waals surface area contributed by atoms with Crippen LogP contribution in [0.3, 0.4) is 0 Å². The van der Waals surface area contributed by atoms with Crippen molar-refractivity contribution < 1.29 is 22.4 Å². The molecule has 34 heavy (non-hydrogen) atoms. The first-order valence-electron chi connectivity index (χ1n) is 10.6. The van der Waals surface area contributed by atoms with E-state index in [0.29, 0.717) is 41.3 Å². The Hall–Kier alpha value is -3.40. The van der Waals surface area contributed by atoms with Crippen LogP contribution in [0.1, 0.15) is 47.5 Å². The molecular formula is C23H19ClF3N5O2. The zero-order valence-corrected chi connectivity index (χ0v) is 18.7. The maximum Gasteiger partial charge on any atom is 0.416 e. The molecule has 0 spiro atoms. The average Bonchev–Trinajstić information content (AvgIpc) is 3.47. The summed E-state index contributed by atoms with van der Waals surface area (Å²) in [6, 6.07) is 6.93. The van der Waals surface area contributed by atoms with Crippen LogP contribution in [0.15, 0.2) is 47.1 Å². The Labute approximate surface area is 197 Å². The van der Waals surface area contributed by atoms with Crippen LogP contribution in [0.2, 0.25) is 5.02 Å². The van der Waals surface area contributed by atoms with E-state index in [1.165, 1.54) is 17.2 Å². The number of aldehydes is 1. The van der Waals surface area contributed by atoms with Crippen molar-refractivity contribution in [3.8, 4) is 5.69 Å². The number of anilines is 1. The lowest BCUT2D eigenvalue weighted by Gasteiger charge is -2.39. The van der Waals surface area contributed by atoms with Crippen LogP contribution in [-0.2, 0) is 6.18 Å². The third kappa shape index (κ3) is 4.02. The van der Waals surface area contributed by atoms with Gasteiger partial charge in [-0.25, -0.2) is 4.98 Å². The number of aromatic nitrogens is 4. The lowest BCUT2D eigenvalue weighted by molar-refractivity contribution is -0.137. The van der Waals surface area contributed by atoms with Gasteiger partial charge in [0.15, 0.2) is 17.8 Å². The molecular weight excluding hydrogens is 471 g/mol. The number of benzene rings is 2. The van der Waals surface area contributed by atoms with Crippen LogP contribution in [-0.4, -0.2) is 38.9 Å². The summed E-state index contributed by atoms with van der Waals surface area (Å²) >= 11 is 6.06. The van der Waals surface area contributed by atoms with Crippen molar-refractivity contribution in [2.75, 3.05) is 11.4 Å². The number of carbonyl (C=O) groups is 1. The van der Waals surface area contributed by atoms with Gasteiger partial charge >= 0.3 is 6.18 Å². The maximum atomic E-state index is 13.7. The molecule has 0 saturated carbocycles. The van der Waals surface area contributed by atoms with Crippen molar-refractivity contribution in [1.82, 2.24) is 20.0 Å². The van der Waals surface area contributed by atoms with E-state index in [1.54, 1.807) is 18.2 Å². The zero-order chi connectivity index (χ0) is 24.0. The molecule has 3 heterocycles. The third-order valence-electron chi connectivity index (χ3n) is 6.10. The molecule has 0 radical (unpaired) electrons. The van der Waals surface area contributed by atoms with Crippen molar-refractivity contribution >= 4 is 34.7 Å². The fourth-order valence-corrected chi connectivity index (χ4v) is 4.57. The number of halogens is 4. The number of piperidine rings is 1. The summed E-state index contributed by atoms with van der Waals surface area (Å²) in [6.45, 7) is 2.28. The van der Waals surface area contributed by atoms with Crippen molar-refractivity contribution in [3.05, 3.63) is 64.8 Å². The number of carbonyl (C=O) groups excluding carboxylic acids is 1. The Bertz CT molecular complexity index is 1350. The van der Waals surface area contributed by atoms with Gasteiger partial charge in [0.2, 0.25) is 0 Å². The van der Waals surface area contributed by atoms with Crippen LogP contribution >= 0.6 is 11.6 Å². The Balaban J connectivity index is 1.61. The molecule has 7 nitrogen and oxygen atoms in total. The highest BCUT2D eigenvalue weighted by Gasteiger charge is 2.36. The molecule has 5 rings (SSSR count). The molecule has 11 heteroatoms. The minimum atomic E-state index is -4.62. The first kappa shape index (κ1) is 22.4. The standard InChI is InChI=1S/C23H19ClF3N5O2/c1-13-2-3-14(22-30-18-10-17(24)4-5-20(18)34-22)11-31(13)19-9-16(23(25,26)27)8-15(12-33)21(19)32-28-6-7-29-32/h4-10,12-14H,2-3,11H2,1H3/t13-,14-/m1/s1. The van der Waals surface area contributed by atoms with Gasteiger partial charge in [-0.3, -0.25) is 4.79 Å². The largest absolute Gasteiger partial charge is 0.440 e. The number of fused-ring (bicyclic) bond motifs is 1. The highest BCUT2D eigenvalue weighted by Crippen LogP contribution is 2.41. The van der Waals surface area contributed by atoms with Crippen LogP contribution in [0.25, 0.3) is 16.8 Å². The molecule has 0 N–H and O–H groups in total. The van der Waals surface area contributed by atoms with E-state index >= 15 is 0 Å². The number of rotatable bonds is 4. The second-order valence-corrected chi connectivity index (χ2v) is 8.74. The van der Waals surface area contributed by atoms with Crippen molar-refractivity contribution in [2.24, 2.45) is 0 Å². The molecule has 0 aliphatic carbocycles. The van der Waals surface area contributed by atoms with Gasteiger partial charge in [0.05, 0.1) is 29.6 Å². The fraction of sp³-hybridized carbons (Fsp3) is 0.304. The highest BCUT2D eigenvalue weighted by molar-refractivity contribution is 6.31. The first-order chi connectivity index (χ1) is 16.2. The number of oxazole rings is 1. The molecule has 1 fully saturated rings. The Morgan fingerprint density at radius 1 is 1.15 bits per heavy atom. The van der Waals surface area contributed by atoms with Crippen molar-refractivity contribution in [2.45, 2.75) is 37.9 Å². The van der Waals surface area contributed by atoms with E-state index in [1.807, 2.05) is 11.8 Å². The number of hydrogen-bond donors (Lipinski definition) is 0. The predicted octanol–water partition coefficient (Wildman–Crippen LogP) is 5.67. The van der Waals surface area contributed by atoms with Gasteiger partial charge in [-0.2, -0.15) is 23.4 Å². The minimum Gasteiger partial charge on any atom is -0.440 e. The second kappa shape index (κ2) is 8.43. The van der Waals surface area contributed by atoms with E-state index < -0.39 is 11.7 Å². The topological polar surface area (TPSA) is 77.0 Å². The Morgan fingerprint density at radius 2 is 1.91 bits per heavy atom. The molecule has 1 aliphatic rings. The number of alkyl halides is 3. The van der Waals surface area contributed by atoms with Gasteiger partial charge in [-0.05, 0) is 50.1 Å². The summed E-state index contributed by atoms with van der Waals surface area (Å²) in [5.41, 5.74) is 0.581. The molecule has 1 aliphatic heterocycles. The number of hydrogen-bond acceptors (Lipinski definition) is 6. The zero-order valence-electron chi connectivity index (χ0n) is 18.0. The maximum absolute atomic E-state index is 13.7. The monoisotopic (exact) mass is 489 g/mol. The van der Waals surface area contributed by atoms with Crippen LogP contribution < -0.4 is 4.90 Å². The van der Waals surface area contributed by atoms with E-state index in [2.05, 4.69) is 15.2 Å². The first-order valence-corrected chi connectivity index (χ1v) is 11.0. The van der Waals surface area contributed by atoms with Gasteiger partial charge < -0.3 is 9.32 Å². The smallest absolute Gasteiger partial charge is 0.416 e. The van der Waals surface area contributed by atoms with E-state index in [4.69, 9.17) is 16.0 Å². The summed E-state index contributed by atoms with van der Waals surface area (Å²) in [6.07, 6.45) is 0.00829. The second-order valence-electron chi connectivity index (χ2n) is 8.31. The Morgan fingerprint density at radius 3 is 2.62 bits per heavy atom. The minimum absolute atomic E-state index is 0.104. The molecule has 2 atom stereocenters. The molecule has 176 valence electrons.